The molecule has 19 heavy (non-hydrogen) atoms. The molecule has 0 unspecified atom stereocenters. The van der Waals surface area contributed by atoms with E-state index >= 15 is 0 Å². The minimum Gasteiger partial charge on any atom is -0.461 e. The lowest BCUT2D eigenvalue weighted by molar-refractivity contribution is -0.185. The molecule has 0 amide bonds. The van der Waals surface area contributed by atoms with Crippen molar-refractivity contribution in [3.05, 3.63) is 35.9 Å². The smallest absolute Gasteiger partial charge is 0.400 e. The summed E-state index contributed by atoms with van der Waals surface area (Å²) < 4.78 is 41.8. The van der Waals surface area contributed by atoms with Gasteiger partial charge in [0.2, 0.25) is 5.24 Å². The molecule has 0 saturated carbocycles. The molecular formula is C12H10ClF3O3. The maximum atomic E-state index is 12.4. The predicted molar refractivity (Wildman–Crippen MR) is 61.3 cm³/mol. The van der Waals surface area contributed by atoms with Gasteiger partial charge >= 0.3 is 12.1 Å². The highest BCUT2D eigenvalue weighted by Crippen LogP contribution is 2.31. The molecule has 0 spiro atoms. The maximum absolute atomic E-state index is 12.4. The molecule has 1 aromatic carbocycles. The van der Waals surface area contributed by atoms with Gasteiger partial charge in [-0.3, -0.25) is 9.59 Å². The van der Waals surface area contributed by atoms with Gasteiger partial charge in [-0.15, -0.1) is 0 Å². The van der Waals surface area contributed by atoms with E-state index < -0.39 is 29.7 Å². The van der Waals surface area contributed by atoms with Crippen molar-refractivity contribution in [1.29, 1.82) is 0 Å². The Morgan fingerprint density at radius 3 is 2.26 bits per heavy atom. The fraction of sp³-hybridized carbons (Fsp3) is 0.333. The molecule has 7 heteroatoms. The third-order valence-corrected chi connectivity index (χ3v) is 2.55. The maximum Gasteiger partial charge on any atom is 0.400 e. The Bertz CT molecular complexity index is 445. The lowest BCUT2D eigenvalue weighted by atomic mass is 10.1. The first-order valence-corrected chi connectivity index (χ1v) is 5.64. The summed E-state index contributed by atoms with van der Waals surface area (Å²) in [5, 5.41) is -1.62. The molecule has 0 saturated heterocycles. The molecule has 1 atom stereocenters. The standard InChI is InChI=1S/C12H10ClF3O3/c13-11(18)9(12(14,15)16)6-10(17)19-7-8-4-2-1-3-5-8/h1-5,9H,6-7H2/t9-/m1/s1. The Labute approximate surface area is 112 Å². The molecule has 0 aliphatic heterocycles. The van der Waals surface area contributed by atoms with Crippen molar-refractivity contribution in [2.24, 2.45) is 5.92 Å². The fourth-order valence-corrected chi connectivity index (χ4v) is 1.49. The van der Waals surface area contributed by atoms with Crippen LogP contribution in [0.4, 0.5) is 13.2 Å². The lowest BCUT2D eigenvalue weighted by Crippen LogP contribution is -2.30. The van der Waals surface area contributed by atoms with Gasteiger partial charge in [0.05, 0.1) is 6.42 Å². The Morgan fingerprint density at radius 2 is 1.79 bits per heavy atom. The quantitative estimate of drug-likeness (QED) is 0.619. The van der Waals surface area contributed by atoms with E-state index in [1.54, 1.807) is 30.3 Å². The van der Waals surface area contributed by atoms with E-state index in [-0.39, 0.29) is 6.61 Å². The highest BCUT2D eigenvalue weighted by atomic mass is 35.5. The van der Waals surface area contributed by atoms with E-state index in [0.29, 0.717) is 5.56 Å². The summed E-state index contributed by atoms with van der Waals surface area (Å²) in [7, 11) is 0. The normalized spacial score (nSPS) is 12.8. The average Bonchev–Trinajstić information content (AvgIpc) is 2.33. The minimum atomic E-state index is -4.86. The first kappa shape index (κ1) is 15.5. The van der Waals surface area contributed by atoms with Crippen LogP contribution in [0.5, 0.6) is 0 Å². The van der Waals surface area contributed by atoms with Crippen LogP contribution in [0, 0.1) is 5.92 Å². The van der Waals surface area contributed by atoms with Crippen molar-refractivity contribution in [2.45, 2.75) is 19.2 Å². The number of hydrogen-bond acceptors (Lipinski definition) is 3. The fourth-order valence-electron chi connectivity index (χ4n) is 1.29. The molecule has 1 rings (SSSR count). The Morgan fingerprint density at radius 1 is 1.21 bits per heavy atom. The summed E-state index contributed by atoms with van der Waals surface area (Å²) >= 11 is 4.82. The van der Waals surface area contributed by atoms with Gasteiger partial charge in [-0.2, -0.15) is 13.2 Å². The zero-order chi connectivity index (χ0) is 14.5. The minimum absolute atomic E-state index is 0.152. The zero-order valence-corrected chi connectivity index (χ0v) is 10.4. The number of halogens is 4. The Balaban J connectivity index is 2.52. The molecule has 0 heterocycles. The summed E-state index contributed by atoms with van der Waals surface area (Å²) in [5.74, 6) is -3.65. The third-order valence-electron chi connectivity index (χ3n) is 2.28. The second kappa shape index (κ2) is 6.56. The molecule has 0 radical (unpaired) electrons. The van der Waals surface area contributed by atoms with Crippen molar-refractivity contribution >= 4 is 22.8 Å². The molecule has 0 aliphatic rings. The monoisotopic (exact) mass is 294 g/mol. The van der Waals surface area contributed by atoms with Gasteiger partial charge in [-0.05, 0) is 17.2 Å². The van der Waals surface area contributed by atoms with E-state index in [9.17, 15) is 22.8 Å². The molecule has 0 fully saturated rings. The van der Waals surface area contributed by atoms with E-state index in [1.807, 2.05) is 0 Å². The molecule has 1 aromatic rings. The van der Waals surface area contributed by atoms with Crippen LogP contribution in [-0.4, -0.2) is 17.4 Å². The lowest BCUT2D eigenvalue weighted by Gasteiger charge is -2.15. The number of ether oxygens (including phenoxy) is 1. The summed E-state index contributed by atoms with van der Waals surface area (Å²) in [6.45, 7) is -0.152. The second-order valence-corrected chi connectivity index (χ2v) is 4.12. The Hall–Kier alpha value is -1.56. The number of benzene rings is 1. The van der Waals surface area contributed by atoms with Crippen molar-refractivity contribution in [3.8, 4) is 0 Å². The highest BCUT2D eigenvalue weighted by Gasteiger charge is 2.45. The van der Waals surface area contributed by atoms with Gasteiger partial charge in [0, 0.05) is 0 Å². The summed E-state index contributed by atoms with van der Waals surface area (Å²) in [5.41, 5.74) is 0.636. The molecule has 0 aliphatic carbocycles. The number of rotatable bonds is 5. The van der Waals surface area contributed by atoms with Crippen LogP contribution >= 0.6 is 11.6 Å². The summed E-state index contributed by atoms with van der Waals surface area (Å²) in [6, 6.07) is 8.45. The van der Waals surface area contributed by atoms with Crippen molar-refractivity contribution in [2.75, 3.05) is 0 Å². The van der Waals surface area contributed by atoms with E-state index in [1.165, 1.54) is 0 Å². The first-order valence-electron chi connectivity index (χ1n) is 5.26. The zero-order valence-electron chi connectivity index (χ0n) is 9.61. The van der Waals surface area contributed by atoms with E-state index in [0.717, 1.165) is 0 Å². The molecule has 3 nitrogen and oxygen atoms in total. The van der Waals surface area contributed by atoms with Crippen molar-refractivity contribution in [1.82, 2.24) is 0 Å². The van der Waals surface area contributed by atoms with Crippen molar-refractivity contribution < 1.29 is 27.5 Å². The van der Waals surface area contributed by atoms with E-state index in [4.69, 9.17) is 11.6 Å². The molecule has 0 aromatic heterocycles. The highest BCUT2D eigenvalue weighted by molar-refractivity contribution is 6.64. The number of carbonyl (C=O) groups excluding carboxylic acids is 2. The topological polar surface area (TPSA) is 43.4 Å². The molecule has 0 bridgehead atoms. The SMILES string of the molecule is O=C(C[C@H](C(=O)Cl)C(F)(F)F)OCc1ccccc1. The van der Waals surface area contributed by atoms with Crippen LogP contribution in [0.25, 0.3) is 0 Å². The van der Waals surface area contributed by atoms with Gasteiger partial charge in [-0.1, -0.05) is 30.3 Å². The van der Waals surface area contributed by atoms with Crippen LogP contribution in [0.2, 0.25) is 0 Å². The molecule has 104 valence electrons. The van der Waals surface area contributed by atoms with Crippen LogP contribution in [0.3, 0.4) is 0 Å². The predicted octanol–water partition coefficient (Wildman–Crippen LogP) is 3.06. The Kier molecular flexibility index (Phi) is 5.35. The van der Waals surface area contributed by atoms with Crippen LogP contribution in [0.1, 0.15) is 12.0 Å². The van der Waals surface area contributed by atoms with Crippen LogP contribution < -0.4 is 0 Å². The number of hydrogen-bond donors (Lipinski definition) is 0. The number of carbonyl (C=O) groups is 2. The second-order valence-electron chi connectivity index (χ2n) is 3.75. The van der Waals surface area contributed by atoms with Gasteiger partial charge in [-0.25, -0.2) is 0 Å². The third kappa shape index (κ3) is 5.30. The largest absolute Gasteiger partial charge is 0.461 e. The van der Waals surface area contributed by atoms with Gasteiger partial charge in [0.15, 0.2) is 0 Å². The van der Waals surface area contributed by atoms with Gasteiger partial charge < -0.3 is 4.74 Å². The number of esters is 1. The van der Waals surface area contributed by atoms with Crippen molar-refractivity contribution in [3.63, 3.8) is 0 Å². The van der Waals surface area contributed by atoms with Gasteiger partial charge in [0.25, 0.3) is 0 Å². The van der Waals surface area contributed by atoms with Gasteiger partial charge in [0.1, 0.15) is 12.5 Å². The molecular weight excluding hydrogens is 285 g/mol. The first-order chi connectivity index (χ1) is 8.80. The van der Waals surface area contributed by atoms with E-state index in [2.05, 4.69) is 4.74 Å². The summed E-state index contributed by atoms with van der Waals surface area (Å²) in [6.07, 6.45) is -5.97. The average molecular weight is 295 g/mol. The summed E-state index contributed by atoms with van der Waals surface area (Å²) in [4.78, 5) is 21.9. The van der Waals surface area contributed by atoms with Crippen LogP contribution in [-0.2, 0) is 20.9 Å². The molecule has 0 N–H and O–H groups in total. The number of alkyl halides is 3. The van der Waals surface area contributed by atoms with Crippen LogP contribution in [0.15, 0.2) is 30.3 Å².